The Balaban J connectivity index is 2.24. The summed E-state index contributed by atoms with van der Waals surface area (Å²) in [5.74, 6) is -0.542. The van der Waals surface area contributed by atoms with Crippen molar-refractivity contribution in [2.75, 3.05) is 0 Å². The summed E-state index contributed by atoms with van der Waals surface area (Å²) in [7, 11) is 0. The van der Waals surface area contributed by atoms with Crippen LogP contribution >= 0.6 is 15.9 Å². The molecule has 0 aliphatic rings. The van der Waals surface area contributed by atoms with Crippen LogP contribution in [0.25, 0.3) is 6.08 Å². The van der Waals surface area contributed by atoms with Gasteiger partial charge in [0.05, 0.1) is 11.8 Å². The minimum absolute atomic E-state index is 0.179. The Hall–Kier alpha value is -1.75. The number of halogens is 2. The van der Waals surface area contributed by atoms with Gasteiger partial charge in [0, 0.05) is 22.3 Å². The van der Waals surface area contributed by atoms with Gasteiger partial charge in [0.25, 0.3) is 0 Å². The molecule has 104 valence electrons. The lowest BCUT2D eigenvalue weighted by molar-refractivity contribution is 0.104. The molecule has 2 rings (SSSR count). The van der Waals surface area contributed by atoms with Crippen LogP contribution in [0.5, 0.6) is 0 Å². The van der Waals surface area contributed by atoms with E-state index in [2.05, 4.69) is 21.0 Å². The van der Waals surface area contributed by atoms with Crippen LogP contribution < -0.4 is 0 Å². The Morgan fingerprint density at radius 1 is 1.50 bits per heavy atom. The van der Waals surface area contributed by atoms with E-state index in [0.717, 1.165) is 10.2 Å². The molecular weight excluding hydrogens is 323 g/mol. The normalized spacial score (nSPS) is 11.2. The first-order chi connectivity index (χ1) is 9.52. The second-order valence-electron chi connectivity index (χ2n) is 4.32. The number of ketones is 1. The lowest BCUT2D eigenvalue weighted by Crippen LogP contribution is -2.01. The molecule has 0 bridgehead atoms. The number of nitrogens with zero attached hydrogens (tertiary/aromatic N) is 2. The van der Waals surface area contributed by atoms with Crippen LogP contribution in [0.1, 0.15) is 28.5 Å². The fourth-order valence-electron chi connectivity index (χ4n) is 1.90. The fourth-order valence-corrected chi connectivity index (χ4v) is 2.28. The van der Waals surface area contributed by atoms with Gasteiger partial charge in [-0.2, -0.15) is 5.10 Å². The highest BCUT2D eigenvalue weighted by Gasteiger charge is 2.11. The predicted octanol–water partition coefficient (Wildman–Crippen LogP) is 4.01. The first-order valence-electron chi connectivity index (χ1n) is 6.22. The molecule has 0 aliphatic carbocycles. The first-order valence-corrected chi connectivity index (χ1v) is 7.02. The van der Waals surface area contributed by atoms with E-state index >= 15 is 0 Å². The number of carbonyl (C=O) groups excluding carboxylic acids is 1. The monoisotopic (exact) mass is 336 g/mol. The van der Waals surface area contributed by atoms with Gasteiger partial charge in [-0.25, -0.2) is 4.39 Å². The highest BCUT2D eigenvalue weighted by molar-refractivity contribution is 9.10. The van der Waals surface area contributed by atoms with E-state index < -0.39 is 0 Å². The van der Waals surface area contributed by atoms with Crippen molar-refractivity contribution in [1.82, 2.24) is 9.78 Å². The summed E-state index contributed by atoms with van der Waals surface area (Å²) in [5.41, 5.74) is 1.73. The molecule has 1 aromatic carbocycles. The summed E-state index contributed by atoms with van der Waals surface area (Å²) in [5, 5.41) is 4.12. The second-order valence-corrected chi connectivity index (χ2v) is 5.24. The molecule has 0 N–H and O–H groups in total. The molecule has 0 unspecified atom stereocenters. The Labute approximate surface area is 125 Å². The van der Waals surface area contributed by atoms with Crippen LogP contribution in [0.4, 0.5) is 4.39 Å². The Morgan fingerprint density at radius 3 is 2.90 bits per heavy atom. The van der Waals surface area contributed by atoms with Crippen LogP contribution in [0.15, 0.2) is 34.9 Å². The van der Waals surface area contributed by atoms with E-state index in [0.29, 0.717) is 17.7 Å². The third-order valence-corrected chi connectivity index (χ3v) is 3.53. The van der Waals surface area contributed by atoms with Gasteiger partial charge in [-0.05, 0) is 44.2 Å². The zero-order chi connectivity index (χ0) is 14.7. The predicted molar refractivity (Wildman–Crippen MR) is 80.1 cm³/mol. The van der Waals surface area contributed by atoms with Crippen molar-refractivity contribution < 1.29 is 9.18 Å². The van der Waals surface area contributed by atoms with Crippen LogP contribution in [-0.2, 0) is 6.54 Å². The minimum Gasteiger partial charge on any atom is -0.289 e. The molecule has 3 nitrogen and oxygen atoms in total. The van der Waals surface area contributed by atoms with Crippen molar-refractivity contribution in [3.05, 3.63) is 57.6 Å². The van der Waals surface area contributed by atoms with Gasteiger partial charge in [0.2, 0.25) is 0 Å². The molecule has 0 amide bonds. The van der Waals surface area contributed by atoms with Crippen LogP contribution in [-0.4, -0.2) is 15.6 Å². The first kappa shape index (κ1) is 14.7. The molecule has 0 saturated heterocycles. The number of hydrogen-bond donors (Lipinski definition) is 0. The molecule has 0 aliphatic heterocycles. The molecular formula is C15H14BrFN2O. The molecule has 2 aromatic rings. The van der Waals surface area contributed by atoms with Crippen molar-refractivity contribution in [2.45, 2.75) is 20.4 Å². The van der Waals surface area contributed by atoms with E-state index in [1.54, 1.807) is 23.0 Å². The SMILES string of the molecule is CCn1ncc(C(=O)/C=C/c2cc(Br)ccc2F)c1C. The van der Waals surface area contributed by atoms with Gasteiger partial charge in [-0.15, -0.1) is 0 Å². The Morgan fingerprint density at radius 2 is 2.25 bits per heavy atom. The van der Waals surface area contributed by atoms with E-state index in [1.807, 2.05) is 13.8 Å². The molecule has 0 saturated carbocycles. The standard InChI is InChI=1S/C15H14BrFN2O/c1-3-19-10(2)13(9-18-19)15(20)7-4-11-8-12(16)5-6-14(11)17/h4-9H,3H2,1-2H3/b7-4+. The van der Waals surface area contributed by atoms with Crippen LogP contribution in [0.3, 0.4) is 0 Å². The topological polar surface area (TPSA) is 34.9 Å². The lowest BCUT2D eigenvalue weighted by atomic mass is 10.1. The van der Waals surface area contributed by atoms with Gasteiger partial charge in [0.15, 0.2) is 5.78 Å². The highest BCUT2D eigenvalue weighted by atomic mass is 79.9. The summed E-state index contributed by atoms with van der Waals surface area (Å²) in [6.45, 7) is 4.52. The zero-order valence-corrected chi connectivity index (χ0v) is 12.8. The maximum atomic E-state index is 13.6. The number of aromatic nitrogens is 2. The third-order valence-electron chi connectivity index (χ3n) is 3.04. The maximum Gasteiger partial charge on any atom is 0.189 e. The number of hydrogen-bond acceptors (Lipinski definition) is 2. The van der Waals surface area contributed by atoms with Gasteiger partial charge in [0.1, 0.15) is 5.82 Å². The highest BCUT2D eigenvalue weighted by Crippen LogP contribution is 2.17. The van der Waals surface area contributed by atoms with Gasteiger partial charge >= 0.3 is 0 Å². The second kappa shape index (κ2) is 6.13. The van der Waals surface area contributed by atoms with Crippen molar-refractivity contribution in [3.8, 4) is 0 Å². The van der Waals surface area contributed by atoms with Crippen LogP contribution in [0, 0.1) is 12.7 Å². The molecule has 1 aromatic heterocycles. The smallest absolute Gasteiger partial charge is 0.189 e. The number of carbonyl (C=O) groups is 1. The maximum absolute atomic E-state index is 13.6. The molecule has 20 heavy (non-hydrogen) atoms. The molecule has 1 heterocycles. The van der Waals surface area contributed by atoms with Crippen LogP contribution in [0.2, 0.25) is 0 Å². The van der Waals surface area contributed by atoms with E-state index in [-0.39, 0.29) is 11.6 Å². The molecule has 0 spiro atoms. The molecule has 5 heteroatoms. The molecule has 0 atom stereocenters. The average molecular weight is 337 g/mol. The van der Waals surface area contributed by atoms with Gasteiger partial charge in [-0.3, -0.25) is 9.48 Å². The average Bonchev–Trinajstić information content (AvgIpc) is 2.80. The largest absolute Gasteiger partial charge is 0.289 e. The quantitative estimate of drug-likeness (QED) is 0.624. The number of allylic oxidation sites excluding steroid dienone is 1. The number of rotatable bonds is 4. The summed E-state index contributed by atoms with van der Waals surface area (Å²) >= 11 is 3.27. The minimum atomic E-state index is -0.363. The summed E-state index contributed by atoms with van der Waals surface area (Å²) in [4.78, 5) is 12.1. The summed E-state index contributed by atoms with van der Waals surface area (Å²) < 4.78 is 16.1. The summed E-state index contributed by atoms with van der Waals surface area (Å²) in [6.07, 6.45) is 4.39. The third kappa shape index (κ3) is 3.04. The Bertz CT molecular complexity index is 677. The number of benzene rings is 1. The van der Waals surface area contributed by atoms with E-state index in [9.17, 15) is 9.18 Å². The molecule has 0 fully saturated rings. The zero-order valence-electron chi connectivity index (χ0n) is 11.2. The van der Waals surface area contributed by atoms with Crippen molar-refractivity contribution in [3.63, 3.8) is 0 Å². The number of aryl methyl sites for hydroxylation is 1. The van der Waals surface area contributed by atoms with Crippen molar-refractivity contribution in [2.24, 2.45) is 0 Å². The van der Waals surface area contributed by atoms with E-state index in [4.69, 9.17) is 0 Å². The fraction of sp³-hybridized carbons (Fsp3) is 0.200. The Kier molecular flexibility index (Phi) is 4.49. The van der Waals surface area contributed by atoms with E-state index in [1.165, 1.54) is 18.2 Å². The van der Waals surface area contributed by atoms with Crippen molar-refractivity contribution >= 4 is 27.8 Å². The van der Waals surface area contributed by atoms with Gasteiger partial charge in [-0.1, -0.05) is 15.9 Å². The lowest BCUT2D eigenvalue weighted by Gasteiger charge is -2.00. The summed E-state index contributed by atoms with van der Waals surface area (Å²) in [6, 6.07) is 4.60. The van der Waals surface area contributed by atoms with Gasteiger partial charge < -0.3 is 0 Å². The molecule has 0 radical (unpaired) electrons. The van der Waals surface area contributed by atoms with Crippen molar-refractivity contribution in [1.29, 1.82) is 0 Å².